The van der Waals surface area contributed by atoms with E-state index in [0.29, 0.717) is 16.1 Å². The number of hydrogen-bond donors (Lipinski definition) is 2. The second kappa shape index (κ2) is 5.14. The molecule has 0 atom stereocenters. The summed E-state index contributed by atoms with van der Waals surface area (Å²) in [5, 5.41) is 11.9. The van der Waals surface area contributed by atoms with E-state index in [2.05, 4.69) is 31.2 Å². The average Bonchev–Trinajstić information content (AvgIpc) is 2.34. The van der Waals surface area contributed by atoms with E-state index in [9.17, 15) is 4.79 Å². The van der Waals surface area contributed by atoms with Gasteiger partial charge in [0.25, 0.3) is 0 Å². The van der Waals surface area contributed by atoms with Crippen LogP contribution in [0.2, 0.25) is 0 Å². The van der Waals surface area contributed by atoms with Crippen molar-refractivity contribution in [3.63, 3.8) is 0 Å². The second-order valence-electron chi connectivity index (χ2n) is 3.71. The lowest BCUT2D eigenvalue weighted by Gasteiger charge is -2.07. The molecular formula is C12H10BrN3O2. The molecule has 0 aliphatic rings. The van der Waals surface area contributed by atoms with Crippen molar-refractivity contribution in [2.75, 3.05) is 5.32 Å². The molecular weight excluding hydrogens is 298 g/mol. The molecule has 1 aromatic heterocycles. The largest absolute Gasteiger partial charge is 0.478 e. The number of aromatic nitrogens is 2. The first-order valence-corrected chi connectivity index (χ1v) is 5.94. The number of carboxylic acid groups (broad SMARTS) is 1. The van der Waals surface area contributed by atoms with Crippen LogP contribution in [-0.4, -0.2) is 21.0 Å². The first-order valence-electron chi connectivity index (χ1n) is 5.15. The Morgan fingerprint density at radius 2 is 2.00 bits per heavy atom. The molecule has 92 valence electrons. The molecule has 0 fully saturated rings. The van der Waals surface area contributed by atoms with Gasteiger partial charge in [0.2, 0.25) is 5.95 Å². The van der Waals surface area contributed by atoms with Crippen LogP contribution in [0.5, 0.6) is 0 Å². The number of anilines is 2. The lowest BCUT2D eigenvalue weighted by Crippen LogP contribution is -2.00. The second-order valence-corrected chi connectivity index (χ2v) is 4.56. The van der Waals surface area contributed by atoms with Crippen LogP contribution in [0.25, 0.3) is 0 Å². The van der Waals surface area contributed by atoms with Crippen LogP contribution in [0, 0.1) is 6.92 Å². The highest BCUT2D eigenvalue weighted by atomic mass is 79.9. The Morgan fingerprint density at radius 3 is 2.56 bits per heavy atom. The predicted octanol–water partition coefficient (Wildman–Crippen LogP) is 2.99. The number of nitrogens with zero attached hydrogens (tertiary/aromatic N) is 2. The van der Waals surface area contributed by atoms with Crippen molar-refractivity contribution >= 4 is 33.5 Å². The highest BCUT2D eigenvalue weighted by Gasteiger charge is 2.07. The fourth-order valence-electron chi connectivity index (χ4n) is 1.33. The number of benzene rings is 1. The maximum atomic E-state index is 10.8. The number of hydrogen-bond acceptors (Lipinski definition) is 4. The number of carbonyl (C=O) groups is 1. The fraction of sp³-hybridized carbons (Fsp3) is 0.0833. The third-order valence-corrected chi connectivity index (χ3v) is 2.90. The molecule has 0 saturated heterocycles. The maximum absolute atomic E-state index is 10.8. The van der Waals surface area contributed by atoms with Crippen molar-refractivity contribution in [1.82, 2.24) is 9.97 Å². The molecule has 0 radical (unpaired) electrons. The Kier molecular flexibility index (Phi) is 3.57. The van der Waals surface area contributed by atoms with Gasteiger partial charge in [0, 0.05) is 16.9 Å². The van der Waals surface area contributed by atoms with E-state index >= 15 is 0 Å². The van der Waals surface area contributed by atoms with E-state index in [1.165, 1.54) is 12.1 Å². The number of rotatable bonds is 3. The van der Waals surface area contributed by atoms with Gasteiger partial charge in [-0.05, 0) is 46.6 Å². The van der Waals surface area contributed by atoms with Gasteiger partial charge in [-0.2, -0.15) is 0 Å². The van der Waals surface area contributed by atoms with Crippen LogP contribution in [0.1, 0.15) is 15.9 Å². The number of aromatic carboxylic acids is 1. The van der Waals surface area contributed by atoms with Crippen LogP contribution >= 0.6 is 15.9 Å². The van der Waals surface area contributed by atoms with E-state index in [-0.39, 0.29) is 5.56 Å². The Balaban J connectivity index is 2.24. The number of halogens is 1. The third-order valence-electron chi connectivity index (χ3n) is 2.24. The third kappa shape index (κ3) is 2.84. The minimum Gasteiger partial charge on any atom is -0.478 e. The topological polar surface area (TPSA) is 75.1 Å². The minimum atomic E-state index is -0.964. The van der Waals surface area contributed by atoms with Gasteiger partial charge in [-0.1, -0.05) is 0 Å². The minimum absolute atomic E-state index is 0.220. The summed E-state index contributed by atoms with van der Waals surface area (Å²) >= 11 is 3.31. The molecule has 6 heteroatoms. The molecule has 0 amide bonds. The Hall–Kier alpha value is -1.95. The van der Waals surface area contributed by atoms with Crippen molar-refractivity contribution in [2.24, 2.45) is 0 Å². The van der Waals surface area contributed by atoms with Crippen molar-refractivity contribution in [3.8, 4) is 0 Å². The van der Waals surface area contributed by atoms with Crippen LogP contribution < -0.4 is 5.32 Å². The zero-order valence-corrected chi connectivity index (χ0v) is 11.1. The molecule has 0 saturated carbocycles. The molecule has 0 unspecified atom stereocenters. The highest BCUT2D eigenvalue weighted by Crippen LogP contribution is 2.25. The molecule has 1 heterocycles. The van der Waals surface area contributed by atoms with E-state index in [1.807, 2.05) is 6.92 Å². The zero-order chi connectivity index (χ0) is 13.1. The van der Waals surface area contributed by atoms with Crippen molar-refractivity contribution < 1.29 is 9.90 Å². The predicted molar refractivity (Wildman–Crippen MR) is 71.2 cm³/mol. The summed E-state index contributed by atoms with van der Waals surface area (Å²) in [6.07, 6.45) is 3.41. The molecule has 2 N–H and O–H groups in total. The summed E-state index contributed by atoms with van der Waals surface area (Å²) in [6, 6.07) is 4.71. The summed E-state index contributed by atoms with van der Waals surface area (Å²) in [5.41, 5.74) is 1.90. The number of nitrogens with one attached hydrogen (secondary N) is 1. The lowest BCUT2D eigenvalue weighted by molar-refractivity contribution is 0.0697. The molecule has 0 aliphatic heterocycles. The molecule has 0 spiro atoms. The SMILES string of the molecule is Cc1cnc(Nc2ccc(C(=O)O)cc2Br)nc1. The monoisotopic (exact) mass is 307 g/mol. The molecule has 18 heavy (non-hydrogen) atoms. The van der Waals surface area contributed by atoms with Gasteiger partial charge in [0.1, 0.15) is 0 Å². The summed E-state index contributed by atoms with van der Waals surface area (Å²) < 4.78 is 0.645. The lowest BCUT2D eigenvalue weighted by atomic mass is 10.2. The zero-order valence-electron chi connectivity index (χ0n) is 9.51. The van der Waals surface area contributed by atoms with Crippen LogP contribution in [-0.2, 0) is 0 Å². The summed E-state index contributed by atoms with van der Waals surface area (Å²) in [5.74, 6) is -0.502. The summed E-state index contributed by atoms with van der Waals surface area (Å²) in [6.45, 7) is 1.90. The smallest absolute Gasteiger partial charge is 0.335 e. The van der Waals surface area contributed by atoms with Crippen molar-refractivity contribution in [1.29, 1.82) is 0 Å². The van der Waals surface area contributed by atoms with Gasteiger partial charge < -0.3 is 10.4 Å². The van der Waals surface area contributed by atoms with Crippen molar-refractivity contribution in [2.45, 2.75) is 6.92 Å². The summed E-state index contributed by atoms with van der Waals surface area (Å²) in [4.78, 5) is 19.0. The van der Waals surface area contributed by atoms with Crippen LogP contribution in [0.4, 0.5) is 11.6 Å². The van der Waals surface area contributed by atoms with Gasteiger partial charge in [0.15, 0.2) is 0 Å². The average molecular weight is 308 g/mol. The molecule has 0 bridgehead atoms. The van der Waals surface area contributed by atoms with Gasteiger partial charge in [-0.15, -0.1) is 0 Å². The fourth-order valence-corrected chi connectivity index (χ4v) is 1.81. The Labute approximate surface area is 112 Å². The standard InChI is InChI=1S/C12H10BrN3O2/c1-7-5-14-12(15-6-7)16-10-3-2-8(11(17)18)4-9(10)13/h2-6H,1H3,(H,17,18)(H,14,15,16). The van der Waals surface area contributed by atoms with Gasteiger partial charge in [0.05, 0.1) is 11.3 Å². The molecule has 0 aliphatic carbocycles. The molecule has 2 aromatic rings. The maximum Gasteiger partial charge on any atom is 0.335 e. The van der Waals surface area contributed by atoms with E-state index in [1.54, 1.807) is 18.5 Å². The quantitative estimate of drug-likeness (QED) is 0.911. The van der Waals surface area contributed by atoms with E-state index < -0.39 is 5.97 Å². The molecule has 2 rings (SSSR count). The Bertz CT molecular complexity index is 584. The molecule has 5 nitrogen and oxygen atoms in total. The first-order chi connectivity index (χ1) is 8.56. The normalized spacial score (nSPS) is 10.1. The van der Waals surface area contributed by atoms with E-state index in [0.717, 1.165) is 5.56 Å². The molecule has 1 aromatic carbocycles. The van der Waals surface area contributed by atoms with Crippen molar-refractivity contribution in [3.05, 3.63) is 46.2 Å². The number of carboxylic acids is 1. The van der Waals surface area contributed by atoms with Crippen LogP contribution in [0.15, 0.2) is 35.1 Å². The first kappa shape index (κ1) is 12.5. The Morgan fingerprint density at radius 1 is 1.33 bits per heavy atom. The number of aryl methyl sites for hydroxylation is 1. The van der Waals surface area contributed by atoms with Crippen LogP contribution in [0.3, 0.4) is 0 Å². The van der Waals surface area contributed by atoms with Gasteiger partial charge in [-0.3, -0.25) is 0 Å². The van der Waals surface area contributed by atoms with Gasteiger partial charge >= 0.3 is 5.97 Å². The van der Waals surface area contributed by atoms with E-state index in [4.69, 9.17) is 5.11 Å². The summed E-state index contributed by atoms with van der Waals surface area (Å²) in [7, 11) is 0. The highest BCUT2D eigenvalue weighted by molar-refractivity contribution is 9.10. The van der Waals surface area contributed by atoms with Gasteiger partial charge in [-0.25, -0.2) is 14.8 Å².